The van der Waals surface area contributed by atoms with Crippen molar-refractivity contribution in [3.05, 3.63) is 57.7 Å². The van der Waals surface area contributed by atoms with Crippen LogP contribution in [0.5, 0.6) is 0 Å². The van der Waals surface area contributed by atoms with Crippen molar-refractivity contribution in [2.24, 2.45) is 0 Å². The van der Waals surface area contributed by atoms with E-state index in [1.807, 2.05) is 18.2 Å². The molecule has 0 spiro atoms. The van der Waals surface area contributed by atoms with E-state index in [9.17, 15) is 19.2 Å². The van der Waals surface area contributed by atoms with Gasteiger partial charge in [0.15, 0.2) is 5.82 Å². The number of aryl methyl sites for hydroxylation is 1. The van der Waals surface area contributed by atoms with E-state index < -0.39 is 11.8 Å². The average molecular weight is 542 g/mol. The Morgan fingerprint density at radius 3 is 2.49 bits per heavy atom. The molecule has 37 heavy (non-hydrogen) atoms. The summed E-state index contributed by atoms with van der Waals surface area (Å²) in [5.74, 6) is -0.917. The Hall–Kier alpha value is -3.71. The molecule has 2 aromatic heterocycles. The third kappa shape index (κ3) is 6.74. The largest absolute Gasteiger partial charge is 0.313 e. The first-order valence-electron chi connectivity index (χ1n) is 11.7. The van der Waals surface area contributed by atoms with Gasteiger partial charge in [0.2, 0.25) is 22.9 Å². The third-order valence-electron chi connectivity index (χ3n) is 5.56. The fourth-order valence-electron chi connectivity index (χ4n) is 3.94. The van der Waals surface area contributed by atoms with Gasteiger partial charge in [-0.3, -0.25) is 35.5 Å². The van der Waals surface area contributed by atoms with Gasteiger partial charge in [-0.1, -0.05) is 30.0 Å². The maximum absolute atomic E-state index is 12.9. The van der Waals surface area contributed by atoms with Gasteiger partial charge in [0.05, 0.1) is 10.8 Å². The van der Waals surface area contributed by atoms with Crippen LogP contribution >= 0.6 is 23.1 Å². The molecule has 4 rings (SSSR count). The van der Waals surface area contributed by atoms with Gasteiger partial charge >= 0.3 is 0 Å². The van der Waals surface area contributed by atoms with Crippen LogP contribution in [-0.2, 0) is 33.6 Å². The summed E-state index contributed by atoms with van der Waals surface area (Å²) in [6.45, 7) is 2.66. The molecule has 4 amide bonds. The summed E-state index contributed by atoms with van der Waals surface area (Å²) in [5, 5.41) is 12.6. The van der Waals surface area contributed by atoms with Crippen LogP contribution in [0.15, 0.2) is 35.5 Å². The number of nitrogens with zero attached hydrogens (tertiary/aromatic N) is 3. The molecule has 4 N–H and O–H groups in total. The molecule has 1 aliphatic carbocycles. The summed E-state index contributed by atoms with van der Waals surface area (Å²) in [6.07, 6.45) is 4.36. The number of anilines is 1. The van der Waals surface area contributed by atoms with Gasteiger partial charge in [0.25, 0.3) is 5.91 Å². The number of carbonyl (C=O) groups excluding carboxylic acids is 4. The molecule has 0 aliphatic heterocycles. The second kappa shape index (κ2) is 12.0. The van der Waals surface area contributed by atoms with E-state index in [1.165, 1.54) is 29.0 Å². The zero-order chi connectivity index (χ0) is 26.4. The van der Waals surface area contributed by atoms with E-state index in [2.05, 4.69) is 31.8 Å². The minimum atomic E-state index is -0.433. The first kappa shape index (κ1) is 26.4. The van der Waals surface area contributed by atoms with E-state index in [-0.39, 0.29) is 17.6 Å². The Morgan fingerprint density at radius 1 is 1.00 bits per heavy atom. The van der Waals surface area contributed by atoms with Gasteiger partial charge < -0.3 is 5.32 Å². The minimum absolute atomic E-state index is 0.0514. The zero-order valence-corrected chi connectivity index (χ0v) is 22.1. The van der Waals surface area contributed by atoms with Gasteiger partial charge in [-0.25, -0.2) is 4.68 Å². The van der Waals surface area contributed by atoms with Crippen molar-refractivity contribution in [3.8, 4) is 0 Å². The second-order valence-electron chi connectivity index (χ2n) is 8.44. The van der Waals surface area contributed by atoms with Crippen molar-refractivity contribution >= 4 is 51.7 Å². The van der Waals surface area contributed by atoms with E-state index in [4.69, 9.17) is 0 Å². The molecule has 1 aromatic carbocycles. The molecule has 13 heteroatoms. The normalized spacial score (nSPS) is 12.4. The molecule has 2 heterocycles. The smallest absolute Gasteiger partial charge is 0.256 e. The molecule has 0 atom stereocenters. The number of amides is 4. The van der Waals surface area contributed by atoms with Gasteiger partial charge in [0.1, 0.15) is 0 Å². The topological polar surface area (TPSA) is 147 Å². The Labute approximate surface area is 221 Å². The summed E-state index contributed by atoms with van der Waals surface area (Å²) < 4.78 is 1.47. The molecule has 0 saturated carbocycles. The fourth-order valence-corrected chi connectivity index (χ4v) is 5.96. The number of rotatable bonds is 8. The van der Waals surface area contributed by atoms with Gasteiger partial charge in [-0.05, 0) is 48.9 Å². The van der Waals surface area contributed by atoms with E-state index >= 15 is 0 Å². The van der Waals surface area contributed by atoms with Crippen LogP contribution in [0.25, 0.3) is 0 Å². The molecule has 1 aliphatic rings. The number of hydrogen-bond donors (Lipinski definition) is 4. The lowest BCUT2D eigenvalue weighted by Crippen LogP contribution is -2.41. The lowest BCUT2D eigenvalue weighted by atomic mass is 9.94. The van der Waals surface area contributed by atoms with Crippen LogP contribution in [-0.4, -0.2) is 44.3 Å². The summed E-state index contributed by atoms with van der Waals surface area (Å²) in [7, 11) is 0. The van der Waals surface area contributed by atoms with Gasteiger partial charge in [0, 0.05) is 30.7 Å². The standard InChI is InChI=1S/C24H27N7O4S2/c1-14(32)26-28-21(34)13-36-24-29-27-20(31(24)30-15(2)33)12-18-17-10-6-7-11-19(17)37-23(18)25-22(35)16-8-4-3-5-9-16/h3-5,8-9H,6-7,10-13H2,1-2H3,(H,25,35)(H,26,32)(H,28,34)(H,30,33). The van der Waals surface area contributed by atoms with Crippen molar-refractivity contribution < 1.29 is 19.2 Å². The average Bonchev–Trinajstić information content (AvgIpc) is 3.42. The number of nitrogens with one attached hydrogen (secondary N) is 4. The SMILES string of the molecule is CC(=O)NNC(=O)CSc1nnc(Cc2c(NC(=O)c3ccccc3)sc3c2CCCC3)n1NC(C)=O. The summed E-state index contributed by atoms with van der Waals surface area (Å²) >= 11 is 2.65. The second-order valence-corrected chi connectivity index (χ2v) is 10.5. The lowest BCUT2D eigenvalue weighted by molar-refractivity contribution is -0.126. The van der Waals surface area contributed by atoms with E-state index in [1.54, 1.807) is 23.5 Å². The molecular weight excluding hydrogens is 514 g/mol. The van der Waals surface area contributed by atoms with Crippen molar-refractivity contribution in [1.29, 1.82) is 0 Å². The number of fused-ring (bicyclic) bond motifs is 1. The van der Waals surface area contributed by atoms with Gasteiger partial charge in [-0.15, -0.1) is 21.5 Å². The number of hydrogen-bond acceptors (Lipinski definition) is 8. The minimum Gasteiger partial charge on any atom is -0.313 e. The van der Waals surface area contributed by atoms with Crippen LogP contribution in [0.1, 0.15) is 58.9 Å². The number of aromatic nitrogens is 3. The molecule has 0 fully saturated rings. The first-order valence-corrected chi connectivity index (χ1v) is 13.5. The molecule has 11 nitrogen and oxygen atoms in total. The van der Waals surface area contributed by atoms with Crippen molar-refractivity contribution in [3.63, 3.8) is 0 Å². The first-order chi connectivity index (χ1) is 17.8. The van der Waals surface area contributed by atoms with Crippen LogP contribution in [0.4, 0.5) is 5.00 Å². The third-order valence-corrected chi connectivity index (χ3v) is 7.74. The monoisotopic (exact) mass is 541 g/mol. The molecule has 3 aromatic rings. The lowest BCUT2D eigenvalue weighted by Gasteiger charge is -2.14. The number of hydrazine groups is 1. The van der Waals surface area contributed by atoms with Crippen molar-refractivity contribution in [1.82, 2.24) is 25.7 Å². The van der Waals surface area contributed by atoms with Crippen molar-refractivity contribution in [2.75, 3.05) is 16.5 Å². The summed E-state index contributed by atoms with van der Waals surface area (Å²) in [6, 6.07) is 9.03. The number of thioether (sulfide) groups is 1. The Balaban J connectivity index is 1.59. The predicted octanol–water partition coefficient (Wildman–Crippen LogP) is 2.41. The van der Waals surface area contributed by atoms with Crippen LogP contribution < -0.4 is 21.6 Å². The van der Waals surface area contributed by atoms with E-state index in [0.29, 0.717) is 23.0 Å². The number of benzene rings is 1. The van der Waals surface area contributed by atoms with Crippen LogP contribution in [0, 0.1) is 0 Å². The molecule has 194 valence electrons. The van der Waals surface area contributed by atoms with Crippen LogP contribution in [0.2, 0.25) is 0 Å². The van der Waals surface area contributed by atoms with E-state index in [0.717, 1.165) is 48.0 Å². The maximum atomic E-state index is 12.9. The fraction of sp³-hybridized carbons (Fsp3) is 0.333. The zero-order valence-electron chi connectivity index (χ0n) is 20.4. The highest BCUT2D eigenvalue weighted by Crippen LogP contribution is 2.39. The Kier molecular flexibility index (Phi) is 8.56. The Morgan fingerprint density at radius 2 is 1.76 bits per heavy atom. The highest BCUT2D eigenvalue weighted by atomic mass is 32.2. The Bertz CT molecular complexity index is 1320. The highest BCUT2D eigenvalue weighted by Gasteiger charge is 2.25. The quantitative estimate of drug-likeness (QED) is 0.253. The number of thiophene rings is 1. The number of carbonyl (C=O) groups is 4. The van der Waals surface area contributed by atoms with Gasteiger partial charge in [-0.2, -0.15) is 0 Å². The summed E-state index contributed by atoms with van der Waals surface area (Å²) in [4.78, 5) is 49.1. The highest BCUT2D eigenvalue weighted by molar-refractivity contribution is 7.99. The molecule has 0 radical (unpaired) electrons. The van der Waals surface area contributed by atoms with Crippen LogP contribution in [0.3, 0.4) is 0 Å². The molecular formula is C24H27N7O4S2. The molecule has 0 unspecified atom stereocenters. The summed E-state index contributed by atoms with van der Waals surface area (Å²) in [5.41, 5.74) is 9.97. The molecule has 0 saturated heterocycles. The van der Waals surface area contributed by atoms with Crippen molar-refractivity contribution in [2.45, 2.75) is 51.1 Å². The maximum Gasteiger partial charge on any atom is 0.256 e. The predicted molar refractivity (Wildman–Crippen MR) is 141 cm³/mol. The molecule has 0 bridgehead atoms.